The van der Waals surface area contributed by atoms with Crippen molar-refractivity contribution in [3.05, 3.63) is 51.5 Å². The van der Waals surface area contributed by atoms with Crippen LogP contribution in [0.5, 0.6) is 5.75 Å². The van der Waals surface area contributed by atoms with E-state index in [0.717, 1.165) is 25.9 Å². The summed E-state index contributed by atoms with van der Waals surface area (Å²) in [4.78, 5) is 43.2. The summed E-state index contributed by atoms with van der Waals surface area (Å²) in [7, 11) is 3.01. The quantitative estimate of drug-likeness (QED) is 0.292. The molecule has 1 unspecified atom stereocenters. The number of likely N-dealkylation sites (N-methyl/N-ethyl adjacent to an activating group) is 1. The number of benzene rings is 1. The summed E-state index contributed by atoms with van der Waals surface area (Å²) < 4.78 is 0. The fraction of sp³-hybridized carbons (Fsp3) is 0.552. The number of hydrogen-bond donors (Lipinski definition) is 6. The summed E-state index contributed by atoms with van der Waals surface area (Å²) in [6.45, 7) is 6.05. The Morgan fingerprint density at radius 1 is 1.12 bits per heavy atom. The Hall–Kier alpha value is -3.25. The van der Waals surface area contributed by atoms with E-state index in [1.807, 2.05) is 0 Å². The zero-order valence-electron chi connectivity index (χ0n) is 23.1. The second kappa shape index (κ2) is 9.69. The average molecular weight is 556 g/mol. The Labute approximate surface area is 232 Å². The third kappa shape index (κ3) is 3.82. The summed E-state index contributed by atoms with van der Waals surface area (Å²) in [5.74, 6) is -8.11. The van der Waals surface area contributed by atoms with Crippen molar-refractivity contribution >= 4 is 17.5 Å². The molecule has 1 aromatic carbocycles. The first kappa shape index (κ1) is 28.3. The van der Waals surface area contributed by atoms with Gasteiger partial charge in [0.2, 0.25) is 5.78 Å². The number of ketones is 2. The normalized spacial score (nSPS) is 33.2. The monoisotopic (exact) mass is 555 g/mol. The van der Waals surface area contributed by atoms with Crippen LogP contribution in [0.4, 0.5) is 0 Å². The number of likely N-dealkylation sites (tertiary alicyclic amines) is 1. The number of aromatic hydroxyl groups is 1. The molecule has 1 heterocycles. The number of rotatable bonds is 4. The molecule has 216 valence electrons. The fourth-order valence-corrected chi connectivity index (χ4v) is 7.25. The number of primary amides is 1. The topological polar surface area (TPSA) is 185 Å². The van der Waals surface area contributed by atoms with Gasteiger partial charge in [0.05, 0.1) is 23.6 Å². The van der Waals surface area contributed by atoms with E-state index in [4.69, 9.17) is 5.73 Å². The number of nitrogens with zero attached hydrogens (tertiary/aromatic N) is 2. The van der Waals surface area contributed by atoms with Crippen LogP contribution in [0.2, 0.25) is 0 Å². The Kier molecular flexibility index (Phi) is 6.85. The van der Waals surface area contributed by atoms with Crippen molar-refractivity contribution in [2.75, 3.05) is 27.2 Å². The molecule has 0 radical (unpaired) electrons. The number of hydrogen-bond acceptors (Lipinski definition) is 10. The van der Waals surface area contributed by atoms with E-state index in [-0.39, 0.29) is 11.3 Å². The maximum Gasteiger partial charge on any atom is 0.255 e. The zero-order chi connectivity index (χ0) is 29.4. The van der Waals surface area contributed by atoms with Gasteiger partial charge in [0.25, 0.3) is 5.91 Å². The summed E-state index contributed by atoms with van der Waals surface area (Å²) in [6.07, 6.45) is 0.454. The molecule has 0 spiro atoms. The van der Waals surface area contributed by atoms with Gasteiger partial charge in [-0.3, -0.25) is 24.2 Å². The molecule has 7 N–H and O–H groups in total. The molecule has 1 amide bonds. The van der Waals surface area contributed by atoms with Gasteiger partial charge >= 0.3 is 0 Å². The van der Waals surface area contributed by atoms with Crippen molar-refractivity contribution in [1.82, 2.24) is 9.80 Å². The van der Waals surface area contributed by atoms with Gasteiger partial charge in [-0.25, -0.2) is 0 Å². The number of aliphatic hydroxyl groups excluding tert-OH is 3. The van der Waals surface area contributed by atoms with Crippen molar-refractivity contribution in [1.29, 1.82) is 0 Å². The summed E-state index contributed by atoms with van der Waals surface area (Å²) in [5, 5.41) is 57.2. The van der Waals surface area contributed by atoms with E-state index in [1.54, 1.807) is 19.1 Å². The minimum atomic E-state index is -2.92. The van der Waals surface area contributed by atoms with Gasteiger partial charge in [-0.15, -0.1) is 0 Å². The number of phenolic OH excluding ortho intramolecular Hbond substituents is 1. The second-order valence-corrected chi connectivity index (χ2v) is 12.0. The maximum atomic E-state index is 14.0. The molecule has 1 fully saturated rings. The molecule has 1 saturated heterocycles. The molecule has 3 aliphatic carbocycles. The zero-order valence-corrected chi connectivity index (χ0v) is 23.1. The Bertz CT molecular complexity index is 1360. The molecule has 0 aromatic heterocycles. The first-order chi connectivity index (χ1) is 18.7. The number of carbonyl (C=O) groups excluding carboxylic acids is 3. The molecule has 0 bridgehead atoms. The smallest absolute Gasteiger partial charge is 0.255 e. The minimum Gasteiger partial charge on any atom is -0.510 e. The third-order valence-electron chi connectivity index (χ3n) is 9.49. The number of nitrogens with two attached hydrogens (primary N) is 1. The van der Waals surface area contributed by atoms with Crippen LogP contribution in [0.1, 0.15) is 54.1 Å². The van der Waals surface area contributed by atoms with Gasteiger partial charge in [0, 0.05) is 23.6 Å². The van der Waals surface area contributed by atoms with Crippen molar-refractivity contribution in [2.24, 2.45) is 23.5 Å². The summed E-state index contributed by atoms with van der Waals surface area (Å²) in [5.41, 5.74) is 2.08. The lowest BCUT2D eigenvalue weighted by molar-refractivity contribution is -0.162. The summed E-state index contributed by atoms with van der Waals surface area (Å²) >= 11 is 0. The van der Waals surface area contributed by atoms with Crippen LogP contribution < -0.4 is 5.73 Å². The van der Waals surface area contributed by atoms with Crippen LogP contribution in [-0.4, -0.2) is 97.7 Å². The molecule has 11 heteroatoms. The highest BCUT2D eigenvalue weighted by Crippen LogP contribution is 2.55. The van der Waals surface area contributed by atoms with Crippen molar-refractivity contribution < 1.29 is 39.9 Å². The van der Waals surface area contributed by atoms with Crippen molar-refractivity contribution in [2.45, 2.75) is 56.9 Å². The average Bonchev–Trinajstić information content (AvgIpc) is 2.88. The Morgan fingerprint density at radius 3 is 2.33 bits per heavy atom. The molecule has 6 atom stereocenters. The van der Waals surface area contributed by atoms with E-state index >= 15 is 0 Å². The Balaban J connectivity index is 1.65. The van der Waals surface area contributed by atoms with Gasteiger partial charge < -0.3 is 31.3 Å². The standard InChI is InChI=1S/C29H37N3O8/c1-12-7-9-32(10-8-12)11-14-5-6-15-13(2)16-18(23(34)17(15)22(14)33)26(37)29(40)20(24(16)35)21(31(3)4)25(36)19(27(29)38)28(30)39/h5-6,12-13,16,20-21,24,33,35-37,40H,7-11H2,1-4H3,(H2,30,39)/t13-,16+,20+,21-,24-,29?/m0/s1. The van der Waals surface area contributed by atoms with E-state index in [1.165, 1.54) is 19.0 Å². The van der Waals surface area contributed by atoms with E-state index < -0.39 is 75.6 Å². The van der Waals surface area contributed by atoms with Crippen LogP contribution in [-0.2, 0) is 16.1 Å². The molecule has 11 nitrogen and oxygen atoms in total. The number of fused-ring (bicyclic) bond motifs is 3. The minimum absolute atomic E-state index is 0.0524. The number of piperidine rings is 1. The summed E-state index contributed by atoms with van der Waals surface area (Å²) in [6, 6.07) is 2.21. The van der Waals surface area contributed by atoms with Gasteiger partial charge in [0.1, 0.15) is 22.8 Å². The van der Waals surface area contributed by atoms with Crippen LogP contribution in [0.3, 0.4) is 0 Å². The molecule has 5 rings (SSSR count). The van der Waals surface area contributed by atoms with E-state index in [0.29, 0.717) is 23.6 Å². The highest BCUT2D eigenvalue weighted by molar-refractivity contribution is 6.25. The van der Waals surface area contributed by atoms with Crippen molar-refractivity contribution in [3.63, 3.8) is 0 Å². The molecular weight excluding hydrogens is 518 g/mol. The lowest BCUT2D eigenvalue weighted by Gasteiger charge is -2.53. The van der Waals surface area contributed by atoms with Gasteiger partial charge in [-0.1, -0.05) is 26.0 Å². The lowest BCUT2D eigenvalue weighted by Crippen LogP contribution is -2.68. The van der Waals surface area contributed by atoms with Crippen LogP contribution in [0, 0.1) is 17.8 Å². The van der Waals surface area contributed by atoms with Crippen LogP contribution >= 0.6 is 0 Å². The van der Waals surface area contributed by atoms with E-state index in [9.17, 15) is 39.9 Å². The fourth-order valence-electron chi connectivity index (χ4n) is 7.25. The predicted octanol–water partition coefficient (Wildman–Crippen LogP) is 0.884. The molecule has 4 aliphatic rings. The van der Waals surface area contributed by atoms with Gasteiger partial charge in [-0.05, 0) is 57.4 Å². The lowest BCUT2D eigenvalue weighted by atomic mass is 9.55. The second-order valence-electron chi connectivity index (χ2n) is 12.0. The van der Waals surface area contributed by atoms with Crippen molar-refractivity contribution in [3.8, 4) is 5.75 Å². The van der Waals surface area contributed by atoms with Gasteiger partial charge in [0.15, 0.2) is 11.4 Å². The first-order valence-corrected chi connectivity index (χ1v) is 13.6. The highest BCUT2D eigenvalue weighted by atomic mass is 16.4. The molecular formula is C29H37N3O8. The molecule has 1 aromatic rings. The number of amides is 1. The van der Waals surface area contributed by atoms with E-state index in [2.05, 4.69) is 11.8 Å². The molecule has 1 aliphatic heterocycles. The van der Waals surface area contributed by atoms with Crippen LogP contribution in [0.15, 0.2) is 34.8 Å². The molecule has 40 heavy (non-hydrogen) atoms. The molecule has 0 saturated carbocycles. The van der Waals surface area contributed by atoms with Gasteiger partial charge in [-0.2, -0.15) is 0 Å². The SMILES string of the molecule is CC1CCN(Cc2ccc3c(c2O)C(=O)C2=C(O)C4(O)C(=O)C(C(N)=O)=C(O)[C@@H](N(C)C)[C@@H]4[C@@H](O)[C@@H]2[C@H]3C)CC1. The largest absolute Gasteiger partial charge is 0.510 e. The number of Topliss-reactive ketones (excluding diaryl/α,β-unsaturated/α-hetero) is 2. The predicted molar refractivity (Wildman–Crippen MR) is 143 cm³/mol. The number of carbonyl (C=O) groups is 3. The maximum absolute atomic E-state index is 14.0. The Morgan fingerprint density at radius 2 is 1.75 bits per heavy atom. The third-order valence-corrected chi connectivity index (χ3v) is 9.49. The highest BCUT2D eigenvalue weighted by Gasteiger charge is 2.67. The van der Waals surface area contributed by atoms with Crippen LogP contribution in [0.25, 0.3) is 0 Å². The number of phenols is 1. The first-order valence-electron chi connectivity index (χ1n) is 13.6. The number of aliphatic hydroxyl groups is 4.